The van der Waals surface area contributed by atoms with Gasteiger partial charge in [0.05, 0.1) is 0 Å². The van der Waals surface area contributed by atoms with E-state index in [0.29, 0.717) is 5.56 Å². The molecule has 2 nitrogen and oxygen atoms in total. The van der Waals surface area contributed by atoms with Gasteiger partial charge in [0.1, 0.15) is 11.6 Å². The SMILES string of the molecule is CC1(C)CC1(N)c1ccc(O)cc1F. The molecule has 0 amide bonds. The van der Waals surface area contributed by atoms with E-state index in [4.69, 9.17) is 10.8 Å². The Balaban J connectivity index is 2.45. The van der Waals surface area contributed by atoms with E-state index in [-0.39, 0.29) is 11.2 Å². The van der Waals surface area contributed by atoms with E-state index in [2.05, 4.69) is 0 Å². The lowest BCUT2D eigenvalue weighted by Crippen LogP contribution is -2.26. The lowest BCUT2D eigenvalue weighted by molar-refractivity contribution is 0.456. The number of hydrogen-bond donors (Lipinski definition) is 2. The first-order valence-electron chi connectivity index (χ1n) is 4.65. The third-order valence-corrected chi connectivity index (χ3v) is 3.24. The molecule has 76 valence electrons. The fourth-order valence-electron chi connectivity index (χ4n) is 1.98. The van der Waals surface area contributed by atoms with Gasteiger partial charge >= 0.3 is 0 Å². The van der Waals surface area contributed by atoms with Crippen molar-refractivity contribution in [3.63, 3.8) is 0 Å². The molecule has 3 heteroatoms. The van der Waals surface area contributed by atoms with Crippen LogP contribution in [0.4, 0.5) is 4.39 Å². The van der Waals surface area contributed by atoms with Crippen LogP contribution < -0.4 is 5.73 Å². The van der Waals surface area contributed by atoms with Crippen LogP contribution in [0.2, 0.25) is 0 Å². The largest absolute Gasteiger partial charge is 0.508 e. The quantitative estimate of drug-likeness (QED) is 0.721. The van der Waals surface area contributed by atoms with Gasteiger partial charge in [0, 0.05) is 17.2 Å². The molecule has 2 rings (SSSR count). The van der Waals surface area contributed by atoms with Crippen molar-refractivity contribution in [2.45, 2.75) is 25.8 Å². The van der Waals surface area contributed by atoms with Gasteiger partial charge in [-0.1, -0.05) is 19.9 Å². The predicted octanol–water partition coefficient (Wildman–Crippen LogP) is 2.12. The second-order valence-corrected chi connectivity index (χ2v) is 4.70. The molecule has 1 fully saturated rings. The minimum absolute atomic E-state index is 0.0508. The van der Waals surface area contributed by atoms with Gasteiger partial charge in [-0.25, -0.2) is 4.39 Å². The average Bonchev–Trinajstić information content (AvgIpc) is 2.50. The number of halogens is 1. The van der Waals surface area contributed by atoms with Crippen molar-refractivity contribution >= 4 is 0 Å². The van der Waals surface area contributed by atoms with Crippen molar-refractivity contribution in [1.29, 1.82) is 0 Å². The maximum atomic E-state index is 13.5. The maximum absolute atomic E-state index is 13.5. The monoisotopic (exact) mass is 195 g/mol. The highest BCUT2D eigenvalue weighted by Gasteiger charge is 2.60. The van der Waals surface area contributed by atoms with Gasteiger partial charge in [0.15, 0.2) is 0 Å². The second kappa shape index (κ2) is 2.48. The molecule has 1 aromatic carbocycles. The van der Waals surface area contributed by atoms with Gasteiger partial charge in [0.25, 0.3) is 0 Å². The van der Waals surface area contributed by atoms with Gasteiger partial charge in [-0.05, 0) is 17.9 Å². The van der Waals surface area contributed by atoms with Crippen LogP contribution in [-0.4, -0.2) is 5.11 Å². The summed E-state index contributed by atoms with van der Waals surface area (Å²) in [6, 6.07) is 4.15. The lowest BCUT2D eigenvalue weighted by Gasteiger charge is -2.16. The first-order valence-corrected chi connectivity index (χ1v) is 4.65. The number of phenolic OH excluding ortho intramolecular Hbond substituents is 1. The number of aromatic hydroxyl groups is 1. The molecular weight excluding hydrogens is 181 g/mol. The molecule has 0 spiro atoms. The Morgan fingerprint density at radius 3 is 2.43 bits per heavy atom. The average molecular weight is 195 g/mol. The van der Waals surface area contributed by atoms with Crippen LogP contribution in [0.5, 0.6) is 5.75 Å². The standard InChI is InChI=1S/C11H14FNO/c1-10(2)6-11(10,13)8-4-3-7(14)5-9(8)12/h3-5,14H,6,13H2,1-2H3. The summed E-state index contributed by atoms with van der Waals surface area (Å²) >= 11 is 0. The number of nitrogens with two attached hydrogens (primary N) is 1. The molecule has 1 aliphatic rings. The third kappa shape index (κ3) is 1.12. The molecule has 0 heterocycles. The fourth-order valence-corrected chi connectivity index (χ4v) is 1.98. The van der Waals surface area contributed by atoms with E-state index in [9.17, 15) is 4.39 Å². The summed E-state index contributed by atoms with van der Waals surface area (Å²) in [5, 5.41) is 9.07. The van der Waals surface area contributed by atoms with Crippen molar-refractivity contribution in [2.24, 2.45) is 11.1 Å². The van der Waals surface area contributed by atoms with Crippen LogP contribution in [0, 0.1) is 11.2 Å². The van der Waals surface area contributed by atoms with Crippen molar-refractivity contribution in [2.75, 3.05) is 0 Å². The number of benzene rings is 1. The van der Waals surface area contributed by atoms with Gasteiger partial charge in [0.2, 0.25) is 0 Å². The minimum Gasteiger partial charge on any atom is -0.508 e. The molecule has 0 aromatic heterocycles. The first kappa shape index (κ1) is 9.46. The van der Waals surface area contributed by atoms with Crippen molar-refractivity contribution in [3.8, 4) is 5.75 Å². The lowest BCUT2D eigenvalue weighted by atomic mass is 9.96. The maximum Gasteiger partial charge on any atom is 0.131 e. The number of phenols is 1. The summed E-state index contributed by atoms with van der Waals surface area (Å²) in [4.78, 5) is 0. The van der Waals surface area contributed by atoms with Gasteiger partial charge in [-0.3, -0.25) is 0 Å². The molecule has 1 unspecified atom stereocenters. The first-order chi connectivity index (χ1) is 6.37. The number of rotatable bonds is 1. The summed E-state index contributed by atoms with van der Waals surface area (Å²) in [5.41, 5.74) is 5.96. The van der Waals surface area contributed by atoms with E-state index in [0.717, 1.165) is 12.5 Å². The molecule has 1 aromatic rings. The minimum atomic E-state index is -0.565. The topological polar surface area (TPSA) is 46.2 Å². The molecule has 1 aliphatic carbocycles. The van der Waals surface area contributed by atoms with Gasteiger partial charge < -0.3 is 10.8 Å². The molecule has 0 bridgehead atoms. The fraction of sp³-hybridized carbons (Fsp3) is 0.455. The Labute approximate surface area is 82.5 Å². The van der Waals surface area contributed by atoms with E-state index in [1.807, 2.05) is 13.8 Å². The van der Waals surface area contributed by atoms with Crippen LogP contribution in [0.3, 0.4) is 0 Å². The number of hydrogen-bond acceptors (Lipinski definition) is 2. The van der Waals surface area contributed by atoms with E-state index >= 15 is 0 Å². The zero-order valence-electron chi connectivity index (χ0n) is 8.34. The van der Waals surface area contributed by atoms with E-state index in [1.165, 1.54) is 6.07 Å². The summed E-state index contributed by atoms with van der Waals surface area (Å²) < 4.78 is 13.5. The second-order valence-electron chi connectivity index (χ2n) is 4.70. The Morgan fingerprint density at radius 2 is 2.00 bits per heavy atom. The van der Waals surface area contributed by atoms with Crippen LogP contribution in [0.25, 0.3) is 0 Å². The molecule has 14 heavy (non-hydrogen) atoms. The Kier molecular flexibility index (Phi) is 1.68. The molecule has 0 radical (unpaired) electrons. The van der Waals surface area contributed by atoms with E-state index in [1.54, 1.807) is 6.07 Å². The normalized spacial score (nSPS) is 28.9. The highest BCUT2D eigenvalue weighted by molar-refractivity contribution is 5.39. The molecule has 0 aliphatic heterocycles. The van der Waals surface area contributed by atoms with Crippen molar-refractivity contribution in [1.82, 2.24) is 0 Å². The smallest absolute Gasteiger partial charge is 0.131 e. The Hall–Kier alpha value is -1.09. The van der Waals surface area contributed by atoms with Crippen LogP contribution in [-0.2, 0) is 5.54 Å². The summed E-state index contributed by atoms with van der Waals surface area (Å²) in [6.45, 7) is 4.03. The van der Waals surface area contributed by atoms with E-state index < -0.39 is 11.4 Å². The zero-order valence-corrected chi connectivity index (χ0v) is 8.34. The highest BCUT2D eigenvalue weighted by Crippen LogP contribution is 2.60. The van der Waals surface area contributed by atoms with Gasteiger partial charge in [-0.15, -0.1) is 0 Å². The third-order valence-electron chi connectivity index (χ3n) is 3.24. The van der Waals surface area contributed by atoms with Crippen molar-refractivity contribution in [3.05, 3.63) is 29.6 Å². The van der Waals surface area contributed by atoms with Crippen LogP contribution in [0.1, 0.15) is 25.8 Å². The molecule has 1 saturated carbocycles. The molecular formula is C11H14FNO. The Morgan fingerprint density at radius 1 is 1.43 bits per heavy atom. The van der Waals surface area contributed by atoms with Crippen LogP contribution in [0.15, 0.2) is 18.2 Å². The van der Waals surface area contributed by atoms with Crippen LogP contribution >= 0.6 is 0 Å². The summed E-state index contributed by atoms with van der Waals surface area (Å²) in [7, 11) is 0. The summed E-state index contributed by atoms with van der Waals surface area (Å²) in [6.07, 6.45) is 0.779. The highest BCUT2D eigenvalue weighted by atomic mass is 19.1. The summed E-state index contributed by atoms with van der Waals surface area (Å²) in [5.74, 6) is -0.480. The predicted molar refractivity (Wildman–Crippen MR) is 52.3 cm³/mol. The van der Waals surface area contributed by atoms with Crippen molar-refractivity contribution < 1.29 is 9.50 Å². The molecule has 1 atom stereocenters. The molecule has 3 N–H and O–H groups in total. The zero-order chi connectivity index (χ0) is 10.6. The Bertz CT molecular complexity index is 389. The molecule has 0 saturated heterocycles. The van der Waals surface area contributed by atoms with Gasteiger partial charge in [-0.2, -0.15) is 0 Å².